The maximum Gasteiger partial charge on any atom is 0.240 e. The normalized spacial score (nSPS) is 12.5. The van der Waals surface area contributed by atoms with E-state index in [9.17, 15) is 4.79 Å². The van der Waals surface area contributed by atoms with E-state index in [1.54, 1.807) is 0 Å². The van der Waals surface area contributed by atoms with Crippen LogP contribution in [-0.4, -0.2) is 47.2 Å². The quantitative estimate of drug-likeness (QED) is 0.375. The van der Waals surface area contributed by atoms with Gasteiger partial charge < -0.3 is 15.5 Å². The van der Waals surface area contributed by atoms with Gasteiger partial charge in [0.05, 0.1) is 23.9 Å². The van der Waals surface area contributed by atoms with Gasteiger partial charge >= 0.3 is 0 Å². The summed E-state index contributed by atoms with van der Waals surface area (Å²) in [5.41, 5.74) is 6.84. The van der Waals surface area contributed by atoms with Crippen molar-refractivity contribution in [2.24, 2.45) is 5.92 Å². The Bertz CT molecular complexity index is 1030. The summed E-state index contributed by atoms with van der Waals surface area (Å²) >= 11 is 7.32. The molecule has 0 radical (unpaired) electrons. The molecular weight excluding hydrogens is 416 g/mol. The topological polar surface area (TPSA) is 145 Å². The lowest BCUT2D eigenvalue weighted by atomic mass is 10.1. The van der Waals surface area contributed by atoms with Crippen LogP contribution in [0.5, 0.6) is 5.88 Å². The van der Waals surface area contributed by atoms with Gasteiger partial charge in [-0.25, -0.2) is 15.0 Å². The number of nitrogen functional groups attached to an aromatic ring is 1. The highest BCUT2D eigenvalue weighted by molar-refractivity contribution is 8.00. The third-order valence-corrected chi connectivity index (χ3v) is 5.46. The van der Waals surface area contributed by atoms with Gasteiger partial charge in [-0.2, -0.15) is 9.97 Å². The maximum absolute atomic E-state index is 12.9. The third kappa shape index (κ3) is 5.04. The van der Waals surface area contributed by atoms with E-state index < -0.39 is 5.25 Å². The molecule has 10 nitrogen and oxygen atoms in total. The Morgan fingerprint density at radius 2 is 2.00 bits per heavy atom. The predicted octanol–water partition coefficient (Wildman–Crippen LogP) is 2.92. The van der Waals surface area contributed by atoms with Crippen molar-refractivity contribution in [1.82, 2.24) is 29.9 Å². The maximum atomic E-state index is 12.9. The van der Waals surface area contributed by atoms with Crippen LogP contribution >= 0.6 is 23.4 Å². The molecule has 0 spiro atoms. The minimum atomic E-state index is -0.496. The van der Waals surface area contributed by atoms with Gasteiger partial charge in [-0.1, -0.05) is 37.2 Å². The number of carbonyl (C=O) groups excluding carboxylic acids is 1. The standard InChI is InChI=1S/C17H21ClN8O2S/c1-7(2)11(29-15-10-12(22-6-21-10)23-16(19)26-15)13(27)24-17-20-5-9(18)14(25-17)28-8(3)4/h5-8,11H,1-4H3,(H,20,24,25,27)(H3,19,21,22,23,26)/t11-/m0/s1. The first-order valence-corrected chi connectivity index (χ1v) is 10.1. The lowest BCUT2D eigenvalue weighted by Crippen LogP contribution is -2.30. The number of ether oxygens (including phenoxy) is 1. The van der Waals surface area contributed by atoms with Crippen LogP contribution in [0.2, 0.25) is 5.02 Å². The highest BCUT2D eigenvalue weighted by atomic mass is 35.5. The molecular formula is C17H21ClN8O2S. The van der Waals surface area contributed by atoms with E-state index in [0.717, 1.165) is 0 Å². The molecule has 3 aromatic rings. The number of fused-ring (bicyclic) bond motifs is 1. The molecule has 0 aliphatic carbocycles. The number of imidazole rings is 1. The number of nitrogens with zero attached hydrogens (tertiary/aromatic N) is 5. The molecule has 3 rings (SSSR count). The van der Waals surface area contributed by atoms with E-state index in [-0.39, 0.29) is 40.7 Å². The Morgan fingerprint density at radius 1 is 1.24 bits per heavy atom. The molecule has 1 amide bonds. The summed E-state index contributed by atoms with van der Waals surface area (Å²) in [6.07, 6.45) is 2.77. The first-order chi connectivity index (χ1) is 13.7. The van der Waals surface area contributed by atoms with Gasteiger partial charge in [0, 0.05) is 0 Å². The number of nitrogens with one attached hydrogen (secondary N) is 2. The fraction of sp³-hybridized carbons (Fsp3) is 0.412. The number of carbonyl (C=O) groups is 1. The summed E-state index contributed by atoms with van der Waals surface area (Å²) < 4.78 is 5.54. The van der Waals surface area contributed by atoms with Gasteiger partial charge in [0.2, 0.25) is 23.7 Å². The van der Waals surface area contributed by atoms with Gasteiger partial charge in [0.15, 0.2) is 5.65 Å². The molecule has 29 heavy (non-hydrogen) atoms. The first kappa shape index (κ1) is 21.1. The van der Waals surface area contributed by atoms with Crippen LogP contribution in [0.4, 0.5) is 11.9 Å². The molecule has 3 heterocycles. The predicted molar refractivity (Wildman–Crippen MR) is 112 cm³/mol. The zero-order valence-electron chi connectivity index (χ0n) is 16.3. The molecule has 1 atom stereocenters. The summed E-state index contributed by atoms with van der Waals surface area (Å²) in [5.74, 6) is 0.102. The summed E-state index contributed by atoms with van der Waals surface area (Å²) in [4.78, 5) is 36.6. The third-order valence-electron chi connectivity index (χ3n) is 3.67. The number of amides is 1. The molecule has 4 N–H and O–H groups in total. The Morgan fingerprint density at radius 3 is 2.69 bits per heavy atom. The number of aromatic amines is 1. The minimum absolute atomic E-state index is 0.0205. The van der Waals surface area contributed by atoms with Crippen molar-refractivity contribution in [3.05, 3.63) is 17.5 Å². The molecule has 0 fully saturated rings. The van der Waals surface area contributed by atoms with Gasteiger partial charge in [0.25, 0.3) is 0 Å². The molecule has 12 heteroatoms. The zero-order chi connectivity index (χ0) is 21.1. The van der Waals surface area contributed by atoms with Gasteiger partial charge in [-0.15, -0.1) is 0 Å². The molecule has 0 saturated carbocycles. The molecule has 0 saturated heterocycles. The first-order valence-electron chi connectivity index (χ1n) is 8.88. The number of anilines is 2. The van der Waals surface area contributed by atoms with Crippen molar-refractivity contribution in [3.8, 4) is 5.88 Å². The van der Waals surface area contributed by atoms with E-state index >= 15 is 0 Å². The average Bonchev–Trinajstić information content (AvgIpc) is 3.09. The molecule has 0 aliphatic rings. The largest absolute Gasteiger partial charge is 0.474 e. The smallest absolute Gasteiger partial charge is 0.240 e. The molecule has 0 unspecified atom stereocenters. The van der Waals surface area contributed by atoms with Crippen LogP contribution in [0.25, 0.3) is 11.2 Å². The van der Waals surface area contributed by atoms with E-state index in [2.05, 4.69) is 35.2 Å². The SMILES string of the molecule is CC(C)Oc1nc(NC(=O)[C@@H](Sc2nc(N)nc3nc[nH]c23)C(C)C)ncc1Cl. The molecule has 3 aromatic heterocycles. The van der Waals surface area contributed by atoms with E-state index in [1.807, 2.05) is 27.7 Å². The van der Waals surface area contributed by atoms with E-state index in [4.69, 9.17) is 22.1 Å². The highest BCUT2D eigenvalue weighted by Crippen LogP contribution is 2.32. The minimum Gasteiger partial charge on any atom is -0.474 e. The van der Waals surface area contributed by atoms with Crippen LogP contribution in [-0.2, 0) is 4.79 Å². The van der Waals surface area contributed by atoms with Crippen LogP contribution in [0.15, 0.2) is 17.6 Å². The summed E-state index contributed by atoms with van der Waals surface area (Å²) in [7, 11) is 0. The van der Waals surface area contributed by atoms with Crippen LogP contribution < -0.4 is 15.8 Å². The summed E-state index contributed by atoms with van der Waals surface area (Å²) in [5, 5.41) is 3.03. The van der Waals surface area contributed by atoms with Crippen LogP contribution in [0.3, 0.4) is 0 Å². The Kier molecular flexibility index (Phi) is 6.38. The van der Waals surface area contributed by atoms with Crippen molar-refractivity contribution >= 4 is 52.3 Å². The number of thioether (sulfide) groups is 1. The van der Waals surface area contributed by atoms with Crippen molar-refractivity contribution in [2.75, 3.05) is 11.1 Å². The summed E-state index contributed by atoms with van der Waals surface area (Å²) in [6.45, 7) is 7.57. The monoisotopic (exact) mass is 436 g/mol. The second-order valence-electron chi connectivity index (χ2n) is 6.77. The number of aromatic nitrogens is 6. The van der Waals surface area contributed by atoms with Gasteiger partial charge in [-0.3, -0.25) is 10.1 Å². The fourth-order valence-electron chi connectivity index (χ4n) is 2.42. The fourth-order valence-corrected chi connectivity index (χ4v) is 3.65. The molecule has 0 aliphatic heterocycles. The van der Waals surface area contributed by atoms with E-state index in [1.165, 1.54) is 24.3 Å². The molecule has 0 aromatic carbocycles. The van der Waals surface area contributed by atoms with Crippen LogP contribution in [0, 0.1) is 5.92 Å². The Labute approximate surface area is 176 Å². The second-order valence-corrected chi connectivity index (χ2v) is 8.31. The molecule has 0 bridgehead atoms. The summed E-state index contributed by atoms with van der Waals surface area (Å²) in [6, 6.07) is 0. The average molecular weight is 437 g/mol. The number of rotatable bonds is 7. The lowest BCUT2D eigenvalue weighted by Gasteiger charge is -2.19. The number of nitrogens with two attached hydrogens (primary N) is 1. The number of hydrogen-bond acceptors (Lipinski definition) is 9. The van der Waals surface area contributed by atoms with Gasteiger partial charge in [0.1, 0.15) is 15.6 Å². The number of H-pyrrole nitrogens is 1. The van der Waals surface area contributed by atoms with Crippen molar-refractivity contribution in [3.63, 3.8) is 0 Å². The van der Waals surface area contributed by atoms with Crippen molar-refractivity contribution in [2.45, 2.75) is 44.1 Å². The molecule has 154 valence electrons. The van der Waals surface area contributed by atoms with Crippen LogP contribution in [0.1, 0.15) is 27.7 Å². The van der Waals surface area contributed by atoms with Crippen molar-refractivity contribution < 1.29 is 9.53 Å². The van der Waals surface area contributed by atoms with Gasteiger partial charge in [-0.05, 0) is 19.8 Å². The highest BCUT2D eigenvalue weighted by Gasteiger charge is 2.27. The lowest BCUT2D eigenvalue weighted by molar-refractivity contribution is -0.116. The zero-order valence-corrected chi connectivity index (χ0v) is 17.9. The van der Waals surface area contributed by atoms with Crippen molar-refractivity contribution in [1.29, 1.82) is 0 Å². The number of halogens is 1. The Hall–Kier alpha value is -2.66. The second kappa shape index (κ2) is 8.78. The Balaban J connectivity index is 1.82. The number of hydrogen-bond donors (Lipinski definition) is 3. The van der Waals surface area contributed by atoms with E-state index in [0.29, 0.717) is 16.2 Å².